The van der Waals surface area contributed by atoms with Gasteiger partial charge >= 0.3 is 5.97 Å². The summed E-state index contributed by atoms with van der Waals surface area (Å²) in [6.07, 6.45) is -2.70. The van der Waals surface area contributed by atoms with Crippen LogP contribution in [0.5, 0.6) is 0 Å². The van der Waals surface area contributed by atoms with E-state index in [0.29, 0.717) is 6.54 Å². The average molecular weight is 681 g/mol. The Kier molecular flexibility index (Phi) is 12.6. The molecule has 1 aliphatic heterocycles. The van der Waals surface area contributed by atoms with Crippen molar-refractivity contribution in [3.05, 3.63) is 131 Å². The number of ether oxygens (including phenoxy) is 3. The van der Waals surface area contributed by atoms with Crippen molar-refractivity contribution in [3.63, 3.8) is 0 Å². The number of aliphatic hydroxyl groups excluding tert-OH is 2. The van der Waals surface area contributed by atoms with Crippen LogP contribution in [-0.4, -0.2) is 58.8 Å². The quantitative estimate of drug-likeness (QED) is 0.142. The lowest BCUT2D eigenvalue weighted by atomic mass is 9.89. The largest absolute Gasteiger partial charge is 0.453 e. The third-order valence-corrected chi connectivity index (χ3v) is 9.48. The minimum Gasteiger partial charge on any atom is -0.453 e. The number of hydrogen-bond acceptors (Lipinski definition) is 8. The van der Waals surface area contributed by atoms with Gasteiger partial charge in [-0.2, -0.15) is 0 Å². The lowest BCUT2D eigenvalue weighted by Gasteiger charge is -2.43. The Morgan fingerprint density at radius 1 is 0.860 bits per heavy atom. The van der Waals surface area contributed by atoms with E-state index in [-0.39, 0.29) is 43.2 Å². The van der Waals surface area contributed by atoms with E-state index in [2.05, 4.69) is 23.2 Å². The highest BCUT2D eigenvalue weighted by molar-refractivity contribution is 5.82. The van der Waals surface area contributed by atoms with Gasteiger partial charge in [-0.05, 0) is 66.4 Å². The molecule has 0 bridgehead atoms. The van der Waals surface area contributed by atoms with Crippen molar-refractivity contribution in [2.24, 2.45) is 5.92 Å². The maximum atomic E-state index is 12.4. The van der Waals surface area contributed by atoms with Gasteiger partial charge in [0.15, 0.2) is 12.4 Å². The first-order valence-corrected chi connectivity index (χ1v) is 17.1. The summed E-state index contributed by atoms with van der Waals surface area (Å²) >= 11 is 0. The summed E-state index contributed by atoms with van der Waals surface area (Å²) in [5.41, 5.74) is 6.40. The number of likely N-dealkylation sites (N-methyl/N-ethyl adjacent to an activating group) is 1. The fourth-order valence-electron chi connectivity index (χ4n) is 6.31. The Morgan fingerprint density at radius 3 is 2.22 bits per heavy atom. The van der Waals surface area contributed by atoms with E-state index < -0.39 is 24.5 Å². The number of benzene rings is 4. The fourth-order valence-corrected chi connectivity index (χ4v) is 6.31. The molecule has 0 unspecified atom stereocenters. The van der Waals surface area contributed by atoms with Crippen LogP contribution < -0.4 is 5.32 Å². The van der Waals surface area contributed by atoms with E-state index in [9.17, 15) is 19.8 Å². The molecule has 264 valence electrons. The Hall–Kier alpha value is -4.38. The van der Waals surface area contributed by atoms with Gasteiger partial charge < -0.3 is 29.7 Å². The van der Waals surface area contributed by atoms with Crippen LogP contribution in [0, 0.1) is 5.92 Å². The van der Waals surface area contributed by atoms with Crippen LogP contribution in [0.4, 0.5) is 0 Å². The van der Waals surface area contributed by atoms with Crippen molar-refractivity contribution in [1.29, 1.82) is 0 Å². The third-order valence-electron chi connectivity index (χ3n) is 9.48. The molecule has 0 aliphatic carbocycles. The maximum Gasteiger partial charge on any atom is 0.303 e. The third kappa shape index (κ3) is 9.24. The zero-order chi connectivity index (χ0) is 35.8. The first-order valence-electron chi connectivity index (χ1n) is 17.1. The number of esters is 1. The number of hydrogen-bond donors (Lipinski definition) is 3. The van der Waals surface area contributed by atoms with Gasteiger partial charge in [-0.1, -0.05) is 97.9 Å². The molecule has 1 fully saturated rings. The molecule has 4 aromatic carbocycles. The summed E-state index contributed by atoms with van der Waals surface area (Å²) in [4.78, 5) is 25.8. The number of rotatable bonds is 13. The summed E-state index contributed by atoms with van der Waals surface area (Å²) in [5.74, 6) is -0.887. The van der Waals surface area contributed by atoms with Gasteiger partial charge in [-0.15, -0.1) is 0 Å². The molecule has 0 saturated carbocycles. The summed E-state index contributed by atoms with van der Waals surface area (Å²) in [5, 5.41) is 23.6. The number of aliphatic hydroxyl groups is 2. The molecule has 0 radical (unpaired) electrons. The van der Waals surface area contributed by atoms with Crippen molar-refractivity contribution in [2.45, 2.75) is 77.6 Å². The highest BCUT2D eigenvalue weighted by atomic mass is 16.7. The van der Waals surface area contributed by atoms with E-state index in [1.165, 1.54) is 6.92 Å². The van der Waals surface area contributed by atoms with Crippen LogP contribution in [0.15, 0.2) is 103 Å². The molecule has 1 heterocycles. The molecule has 1 aliphatic rings. The molecule has 0 aromatic heterocycles. The standard InChI is InChI=1S/C41H48N2O7/c1-26-37(24-43(5)27(2)38(46)32-12-7-6-8-13-32)49-41(50-39(26)33-19-17-30(25-44)18-20-33)36-16-10-15-35(22-36)34-14-9-11-31(21-34)23-42-40(47)28(3)48-29(4)45/h6-22,26-28,37-39,41,44,46H,23-25H2,1-5H3,(H,42,47)/t26-,27-,28-,37+,38-,39+,41+/m0/s1. The minimum absolute atomic E-state index is 0.0200. The fraction of sp³-hybridized carbons (Fsp3) is 0.366. The van der Waals surface area contributed by atoms with Gasteiger partial charge in [-0.3, -0.25) is 14.5 Å². The smallest absolute Gasteiger partial charge is 0.303 e. The molecule has 0 spiro atoms. The average Bonchev–Trinajstić information content (AvgIpc) is 3.14. The number of nitrogens with zero attached hydrogens (tertiary/aromatic N) is 1. The summed E-state index contributed by atoms with van der Waals surface area (Å²) in [6.45, 7) is 7.79. The Labute approximate surface area is 294 Å². The number of carbonyl (C=O) groups excluding carboxylic acids is 2. The van der Waals surface area contributed by atoms with E-state index >= 15 is 0 Å². The lowest BCUT2D eigenvalue weighted by molar-refractivity contribution is -0.276. The van der Waals surface area contributed by atoms with E-state index in [4.69, 9.17) is 14.2 Å². The lowest BCUT2D eigenvalue weighted by Crippen LogP contribution is -2.46. The van der Waals surface area contributed by atoms with Crippen molar-refractivity contribution in [3.8, 4) is 11.1 Å². The molecule has 1 amide bonds. The maximum absolute atomic E-state index is 12.4. The van der Waals surface area contributed by atoms with Crippen LogP contribution in [0.1, 0.15) is 74.0 Å². The van der Waals surface area contributed by atoms with E-state index in [1.54, 1.807) is 6.92 Å². The monoisotopic (exact) mass is 680 g/mol. The number of carbonyl (C=O) groups is 2. The van der Waals surface area contributed by atoms with Crippen molar-refractivity contribution in [1.82, 2.24) is 10.2 Å². The van der Waals surface area contributed by atoms with E-state index in [1.807, 2.05) is 111 Å². The molecule has 9 nitrogen and oxygen atoms in total. The molecule has 3 N–H and O–H groups in total. The van der Waals surface area contributed by atoms with Gasteiger partial charge in [0.2, 0.25) is 0 Å². The minimum atomic E-state index is -0.872. The molecule has 9 heteroatoms. The van der Waals surface area contributed by atoms with Crippen molar-refractivity contribution >= 4 is 11.9 Å². The molecule has 7 atom stereocenters. The van der Waals surface area contributed by atoms with Crippen LogP contribution >= 0.6 is 0 Å². The molecule has 1 saturated heterocycles. The predicted octanol–water partition coefficient (Wildman–Crippen LogP) is 6.26. The second kappa shape index (κ2) is 17.0. The molecule has 4 aromatic rings. The molecular weight excluding hydrogens is 632 g/mol. The van der Waals surface area contributed by atoms with Gasteiger partial charge in [-0.25, -0.2) is 0 Å². The van der Waals surface area contributed by atoms with E-state index in [0.717, 1.165) is 38.9 Å². The van der Waals surface area contributed by atoms with Crippen molar-refractivity contribution < 1.29 is 34.0 Å². The predicted molar refractivity (Wildman–Crippen MR) is 191 cm³/mol. The summed E-state index contributed by atoms with van der Waals surface area (Å²) in [6, 6.07) is 33.3. The van der Waals surface area contributed by atoms with Crippen LogP contribution in [0.3, 0.4) is 0 Å². The second-order valence-corrected chi connectivity index (χ2v) is 13.2. The first-order chi connectivity index (χ1) is 24.0. The topological polar surface area (TPSA) is 118 Å². The SMILES string of the molecule is CC(=O)O[C@@H](C)C(=O)NCc1cccc(-c2cccc([C@@H]3O[C@H](CN(C)[C@@H](C)[C@H](O)c4ccccc4)[C@H](C)[C@H](c4ccc(CO)cc4)O3)c2)c1. The second-order valence-electron chi connectivity index (χ2n) is 13.2. The zero-order valence-corrected chi connectivity index (χ0v) is 29.4. The summed E-state index contributed by atoms with van der Waals surface area (Å²) in [7, 11) is 2.01. The Bertz CT molecular complexity index is 1710. The van der Waals surface area contributed by atoms with Gasteiger partial charge in [0.1, 0.15) is 0 Å². The normalized spacial score (nSPS) is 20.9. The molecular formula is C41H48N2O7. The zero-order valence-electron chi connectivity index (χ0n) is 29.4. The highest BCUT2D eigenvalue weighted by Crippen LogP contribution is 2.42. The van der Waals surface area contributed by atoms with Crippen molar-refractivity contribution in [2.75, 3.05) is 13.6 Å². The highest BCUT2D eigenvalue weighted by Gasteiger charge is 2.39. The number of amides is 1. The Morgan fingerprint density at radius 2 is 1.54 bits per heavy atom. The van der Waals surface area contributed by atoms with Gasteiger partial charge in [0, 0.05) is 37.5 Å². The molecule has 5 rings (SSSR count). The van der Waals surface area contributed by atoms with Gasteiger partial charge in [0.05, 0.1) is 24.9 Å². The summed E-state index contributed by atoms with van der Waals surface area (Å²) < 4.78 is 18.5. The molecule has 50 heavy (non-hydrogen) atoms. The Balaban J connectivity index is 1.37. The van der Waals surface area contributed by atoms with Crippen LogP contribution in [-0.2, 0) is 37.0 Å². The number of nitrogens with one attached hydrogen (secondary N) is 1. The first kappa shape index (κ1) is 36.9. The van der Waals surface area contributed by atoms with Crippen LogP contribution in [0.2, 0.25) is 0 Å². The van der Waals surface area contributed by atoms with Gasteiger partial charge in [0.25, 0.3) is 5.91 Å². The van der Waals surface area contributed by atoms with Crippen LogP contribution in [0.25, 0.3) is 11.1 Å².